The van der Waals surface area contributed by atoms with Crippen LogP contribution >= 0.6 is 0 Å². The first-order valence-electron chi connectivity index (χ1n) is 11.6. The molecule has 1 saturated heterocycles. The fourth-order valence-electron chi connectivity index (χ4n) is 5.18. The van der Waals surface area contributed by atoms with Gasteiger partial charge in [-0.1, -0.05) is 33.3 Å². The molecule has 0 aromatic rings. The third kappa shape index (κ3) is 4.75. The molecule has 0 spiro atoms. The highest BCUT2D eigenvalue weighted by molar-refractivity contribution is 7.93. The van der Waals surface area contributed by atoms with E-state index in [9.17, 15) is 17.2 Å². The molecular weight excluding hydrogens is 420 g/mol. The van der Waals surface area contributed by atoms with Crippen LogP contribution in [-0.2, 0) is 10.0 Å². The summed E-state index contributed by atoms with van der Waals surface area (Å²) >= 11 is 0. The average molecular weight is 456 g/mol. The van der Waals surface area contributed by atoms with Crippen molar-refractivity contribution < 1.29 is 17.2 Å². The molecule has 2 fully saturated rings. The maximum absolute atomic E-state index is 13.6. The quantitative estimate of drug-likeness (QED) is 0.604. The van der Waals surface area contributed by atoms with E-state index in [1.807, 2.05) is 6.08 Å². The molecule has 1 atom stereocenters. The predicted molar refractivity (Wildman–Crippen MR) is 119 cm³/mol. The first kappa shape index (κ1) is 22.9. The van der Waals surface area contributed by atoms with Gasteiger partial charge in [-0.3, -0.25) is 0 Å². The Morgan fingerprint density at radius 2 is 1.77 bits per heavy atom. The third-order valence-corrected chi connectivity index (χ3v) is 8.90. The van der Waals surface area contributed by atoms with E-state index in [1.54, 1.807) is 10.4 Å². The number of halogens is 2. The number of hydrogen-bond acceptors (Lipinski definition) is 4. The van der Waals surface area contributed by atoms with Crippen molar-refractivity contribution in [3.63, 3.8) is 0 Å². The highest BCUT2D eigenvalue weighted by atomic mass is 32.2. The Bertz CT molecular complexity index is 886. The van der Waals surface area contributed by atoms with Crippen molar-refractivity contribution in [1.29, 1.82) is 0 Å². The summed E-state index contributed by atoms with van der Waals surface area (Å²) in [5, 5.41) is 0. The number of nitrogens with zero attached hydrogens (tertiary/aromatic N) is 3. The summed E-state index contributed by atoms with van der Waals surface area (Å²) in [7, 11) is -3.49. The van der Waals surface area contributed by atoms with E-state index < -0.39 is 15.9 Å². The summed E-state index contributed by atoms with van der Waals surface area (Å²) in [6.07, 6.45) is 8.03. The SMILES string of the molecule is CC(C)(C)C1=NC2=CC(S(=O)(=O)N3CCCCC3)=CCC2N1CC1CCC(F)(F)CC1. The molecule has 31 heavy (non-hydrogen) atoms. The Balaban J connectivity index is 1.55. The second-order valence-corrected chi connectivity index (χ2v) is 12.5. The highest BCUT2D eigenvalue weighted by Crippen LogP contribution is 2.41. The molecule has 0 amide bonds. The van der Waals surface area contributed by atoms with Crippen molar-refractivity contribution in [3.8, 4) is 0 Å². The van der Waals surface area contributed by atoms with E-state index in [1.165, 1.54) is 0 Å². The molecule has 4 rings (SSSR count). The van der Waals surface area contributed by atoms with E-state index in [4.69, 9.17) is 4.99 Å². The first-order valence-corrected chi connectivity index (χ1v) is 13.1. The average Bonchev–Trinajstić information content (AvgIpc) is 3.08. The molecule has 0 bridgehead atoms. The summed E-state index contributed by atoms with van der Waals surface area (Å²) < 4.78 is 55.1. The fraction of sp³-hybridized carbons (Fsp3) is 0.783. The van der Waals surface area contributed by atoms with Crippen molar-refractivity contribution in [2.24, 2.45) is 16.3 Å². The number of sulfonamides is 1. The largest absolute Gasteiger partial charge is 0.350 e. The van der Waals surface area contributed by atoms with Gasteiger partial charge in [-0.25, -0.2) is 22.2 Å². The number of fused-ring (bicyclic) bond motifs is 1. The molecule has 0 radical (unpaired) electrons. The lowest BCUT2D eigenvalue weighted by molar-refractivity contribution is -0.0477. The minimum absolute atomic E-state index is 0.00281. The van der Waals surface area contributed by atoms with Crippen LogP contribution in [0.4, 0.5) is 8.78 Å². The Morgan fingerprint density at radius 1 is 1.13 bits per heavy atom. The first-order chi connectivity index (χ1) is 14.5. The monoisotopic (exact) mass is 455 g/mol. The molecular formula is C23H35F2N3O2S. The second-order valence-electron chi connectivity index (χ2n) is 10.5. The molecule has 2 aliphatic carbocycles. The van der Waals surface area contributed by atoms with E-state index in [0.717, 1.165) is 30.8 Å². The molecule has 1 saturated carbocycles. The van der Waals surface area contributed by atoms with Crippen LogP contribution in [0.25, 0.3) is 0 Å². The summed E-state index contributed by atoms with van der Waals surface area (Å²) in [5.41, 5.74) is 0.590. The van der Waals surface area contributed by atoms with Crippen LogP contribution in [0, 0.1) is 11.3 Å². The maximum atomic E-state index is 13.6. The molecule has 5 nitrogen and oxygen atoms in total. The Kier molecular flexibility index (Phi) is 6.09. The molecule has 4 aliphatic rings. The van der Waals surface area contributed by atoms with Crippen LogP contribution < -0.4 is 0 Å². The predicted octanol–water partition coefficient (Wildman–Crippen LogP) is 4.93. The number of hydrogen-bond donors (Lipinski definition) is 0. The molecule has 2 aliphatic heterocycles. The summed E-state index contributed by atoms with van der Waals surface area (Å²) in [5.74, 6) is -1.38. The van der Waals surface area contributed by atoms with Gasteiger partial charge < -0.3 is 4.90 Å². The van der Waals surface area contributed by atoms with Crippen LogP contribution in [0.3, 0.4) is 0 Å². The highest BCUT2D eigenvalue weighted by Gasteiger charge is 2.42. The summed E-state index contributed by atoms with van der Waals surface area (Å²) in [4.78, 5) is 7.52. The Morgan fingerprint density at radius 3 is 2.39 bits per heavy atom. The molecule has 174 valence electrons. The zero-order chi connectivity index (χ0) is 22.4. The number of piperidine rings is 1. The van der Waals surface area contributed by atoms with E-state index >= 15 is 0 Å². The Labute approximate surface area is 185 Å². The van der Waals surface area contributed by atoms with Crippen LogP contribution in [0.5, 0.6) is 0 Å². The van der Waals surface area contributed by atoms with E-state index in [-0.39, 0.29) is 30.2 Å². The van der Waals surface area contributed by atoms with Crippen LogP contribution in [0.1, 0.15) is 72.1 Å². The van der Waals surface area contributed by atoms with Crippen molar-refractivity contribution >= 4 is 15.9 Å². The fourth-order valence-corrected chi connectivity index (χ4v) is 6.80. The topological polar surface area (TPSA) is 53.0 Å². The minimum Gasteiger partial charge on any atom is -0.350 e. The molecule has 2 heterocycles. The van der Waals surface area contributed by atoms with Gasteiger partial charge in [-0.2, -0.15) is 4.31 Å². The molecule has 0 aromatic carbocycles. The van der Waals surface area contributed by atoms with Crippen molar-refractivity contribution in [2.45, 2.75) is 84.1 Å². The normalized spacial score (nSPS) is 28.1. The number of amidine groups is 1. The van der Waals surface area contributed by atoms with Gasteiger partial charge in [0.05, 0.1) is 16.6 Å². The smallest absolute Gasteiger partial charge is 0.248 e. The molecule has 0 N–H and O–H groups in total. The van der Waals surface area contributed by atoms with Gasteiger partial charge in [0.2, 0.25) is 15.9 Å². The van der Waals surface area contributed by atoms with Crippen molar-refractivity contribution in [1.82, 2.24) is 9.21 Å². The lowest BCUT2D eigenvalue weighted by atomic mass is 9.85. The lowest BCUT2D eigenvalue weighted by Crippen LogP contribution is -2.45. The molecule has 1 unspecified atom stereocenters. The van der Waals surface area contributed by atoms with Crippen molar-refractivity contribution in [2.75, 3.05) is 19.6 Å². The van der Waals surface area contributed by atoms with Gasteiger partial charge in [0, 0.05) is 37.9 Å². The van der Waals surface area contributed by atoms with Gasteiger partial charge in [-0.05, 0) is 44.1 Å². The zero-order valence-corrected chi connectivity index (χ0v) is 19.7. The van der Waals surface area contributed by atoms with Gasteiger partial charge >= 0.3 is 0 Å². The van der Waals surface area contributed by atoms with Crippen LogP contribution in [0.2, 0.25) is 0 Å². The lowest BCUT2D eigenvalue weighted by Gasteiger charge is -2.38. The number of allylic oxidation sites excluding steroid dienone is 1. The number of alkyl halides is 2. The van der Waals surface area contributed by atoms with E-state index in [2.05, 4.69) is 25.7 Å². The van der Waals surface area contributed by atoms with Gasteiger partial charge in [0.1, 0.15) is 5.84 Å². The van der Waals surface area contributed by atoms with Gasteiger partial charge in [0.15, 0.2) is 0 Å². The Hall–Kier alpha value is -1.28. The van der Waals surface area contributed by atoms with Crippen LogP contribution in [-0.4, -0.2) is 55.1 Å². The van der Waals surface area contributed by atoms with Gasteiger partial charge in [-0.15, -0.1) is 0 Å². The molecule has 8 heteroatoms. The van der Waals surface area contributed by atoms with Gasteiger partial charge in [0.25, 0.3) is 0 Å². The minimum atomic E-state index is -3.49. The van der Waals surface area contributed by atoms with E-state index in [0.29, 0.717) is 43.8 Å². The third-order valence-electron chi connectivity index (χ3n) is 6.97. The van der Waals surface area contributed by atoms with Crippen LogP contribution in [0.15, 0.2) is 27.7 Å². The number of rotatable bonds is 4. The maximum Gasteiger partial charge on any atom is 0.248 e. The van der Waals surface area contributed by atoms with Crippen molar-refractivity contribution in [3.05, 3.63) is 22.8 Å². The molecule has 0 aromatic heterocycles. The zero-order valence-electron chi connectivity index (χ0n) is 18.9. The summed E-state index contributed by atoms with van der Waals surface area (Å²) in [6.45, 7) is 8.18. The second kappa shape index (κ2) is 8.25. The summed E-state index contributed by atoms with van der Waals surface area (Å²) in [6, 6.07) is -0.00281. The standard InChI is InChI=1S/C23H35F2N3O2S/c1-22(2,3)21-26-19-15-18(31(29,30)27-13-5-4-6-14-27)7-8-20(19)28(21)16-17-9-11-23(24,25)12-10-17/h7,15,17,20H,4-6,8-14,16H2,1-3H3. The number of aliphatic imine (C=N–C) groups is 1.